The van der Waals surface area contributed by atoms with Crippen LogP contribution in [0, 0.1) is 12.7 Å². The number of halogens is 1. The van der Waals surface area contributed by atoms with E-state index in [1.54, 1.807) is 12.1 Å². The molecular weight excluding hydrogens is 393 g/mol. The van der Waals surface area contributed by atoms with Crippen LogP contribution >= 0.6 is 11.8 Å². The predicted octanol–water partition coefficient (Wildman–Crippen LogP) is 2.28. The average Bonchev–Trinajstić information content (AvgIpc) is 2.69. The van der Waals surface area contributed by atoms with Gasteiger partial charge in [-0.25, -0.2) is 4.39 Å². The summed E-state index contributed by atoms with van der Waals surface area (Å²) in [4.78, 5) is 35.4. The first-order valence-corrected chi connectivity index (χ1v) is 10.3. The van der Waals surface area contributed by atoms with Crippen LogP contribution in [0.3, 0.4) is 0 Å². The van der Waals surface area contributed by atoms with Crippen molar-refractivity contribution >= 4 is 35.2 Å². The maximum Gasteiger partial charge on any atom is 0.234 e. The number of carbonyl (C=O) groups is 3. The van der Waals surface area contributed by atoms with Gasteiger partial charge in [-0.2, -0.15) is 0 Å². The average molecular weight is 418 g/mol. The van der Waals surface area contributed by atoms with Gasteiger partial charge in [0, 0.05) is 18.8 Å². The highest BCUT2D eigenvalue weighted by Crippen LogP contribution is 2.09. The smallest absolute Gasteiger partial charge is 0.234 e. The van der Waals surface area contributed by atoms with Crippen LogP contribution in [0.15, 0.2) is 48.5 Å². The molecule has 0 radical (unpaired) electrons. The lowest BCUT2D eigenvalue weighted by molar-refractivity contribution is -0.121. The Bertz CT molecular complexity index is 826. The normalized spacial score (nSPS) is 10.3. The molecule has 0 atom stereocenters. The second-order valence-corrected chi connectivity index (χ2v) is 7.40. The van der Waals surface area contributed by atoms with Crippen molar-refractivity contribution in [2.75, 3.05) is 29.9 Å². The zero-order chi connectivity index (χ0) is 21.1. The molecule has 3 amide bonds. The molecule has 0 saturated heterocycles. The predicted molar refractivity (Wildman–Crippen MR) is 113 cm³/mol. The summed E-state index contributed by atoms with van der Waals surface area (Å²) in [5.74, 6) is -0.582. The van der Waals surface area contributed by atoms with Gasteiger partial charge in [0.25, 0.3) is 0 Å². The van der Waals surface area contributed by atoms with Gasteiger partial charge in [-0.15, -0.1) is 11.8 Å². The summed E-state index contributed by atoms with van der Waals surface area (Å²) in [5, 5.41) is 8.14. The van der Waals surface area contributed by atoms with E-state index in [0.29, 0.717) is 18.7 Å². The summed E-state index contributed by atoms with van der Waals surface area (Å²) < 4.78 is 12.8. The first-order chi connectivity index (χ1) is 13.9. The van der Waals surface area contributed by atoms with Crippen LogP contribution in [-0.2, 0) is 20.8 Å². The van der Waals surface area contributed by atoms with Gasteiger partial charge in [0.2, 0.25) is 17.7 Å². The SMILES string of the molecule is Cc1ccc(NC(=O)CSCC(=O)NCCNC(=O)Cc2ccc(F)cc2)cc1. The number of benzene rings is 2. The number of aryl methyl sites for hydroxylation is 1. The van der Waals surface area contributed by atoms with E-state index in [2.05, 4.69) is 16.0 Å². The molecule has 0 aromatic heterocycles. The van der Waals surface area contributed by atoms with Crippen LogP contribution in [0.5, 0.6) is 0 Å². The Labute approximate surface area is 173 Å². The van der Waals surface area contributed by atoms with Gasteiger partial charge in [0.1, 0.15) is 5.82 Å². The lowest BCUT2D eigenvalue weighted by atomic mass is 10.1. The molecule has 0 aliphatic heterocycles. The first-order valence-electron chi connectivity index (χ1n) is 9.14. The lowest BCUT2D eigenvalue weighted by Gasteiger charge is -2.08. The second-order valence-electron chi connectivity index (χ2n) is 6.41. The van der Waals surface area contributed by atoms with E-state index in [-0.39, 0.29) is 41.5 Å². The topological polar surface area (TPSA) is 87.3 Å². The fraction of sp³-hybridized carbons (Fsp3) is 0.286. The van der Waals surface area contributed by atoms with Crippen molar-refractivity contribution in [1.82, 2.24) is 10.6 Å². The van der Waals surface area contributed by atoms with E-state index in [0.717, 1.165) is 11.3 Å². The monoisotopic (exact) mass is 417 g/mol. The Balaban J connectivity index is 1.53. The zero-order valence-electron chi connectivity index (χ0n) is 16.2. The number of amides is 3. The summed E-state index contributed by atoms with van der Waals surface area (Å²) in [6.45, 7) is 2.56. The molecule has 0 bridgehead atoms. The molecule has 0 heterocycles. The van der Waals surface area contributed by atoms with Gasteiger partial charge in [-0.1, -0.05) is 29.8 Å². The second kappa shape index (κ2) is 11.9. The maximum absolute atomic E-state index is 12.8. The zero-order valence-corrected chi connectivity index (χ0v) is 17.0. The molecule has 154 valence electrons. The molecule has 0 unspecified atom stereocenters. The molecule has 8 heteroatoms. The van der Waals surface area contributed by atoms with Crippen molar-refractivity contribution in [2.24, 2.45) is 0 Å². The van der Waals surface area contributed by atoms with Crippen molar-refractivity contribution < 1.29 is 18.8 Å². The van der Waals surface area contributed by atoms with E-state index in [9.17, 15) is 18.8 Å². The first kappa shape index (κ1) is 22.4. The van der Waals surface area contributed by atoms with E-state index < -0.39 is 0 Å². The summed E-state index contributed by atoms with van der Waals surface area (Å²) in [7, 11) is 0. The van der Waals surface area contributed by atoms with Crippen LogP contribution in [0.25, 0.3) is 0 Å². The summed E-state index contributed by atoms with van der Waals surface area (Å²) in [6.07, 6.45) is 0.153. The molecule has 0 aliphatic carbocycles. The Morgan fingerprint density at radius 1 is 0.828 bits per heavy atom. The van der Waals surface area contributed by atoms with Crippen molar-refractivity contribution in [2.45, 2.75) is 13.3 Å². The van der Waals surface area contributed by atoms with Gasteiger partial charge in [-0.3, -0.25) is 14.4 Å². The van der Waals surface area contributed by atoms with Gasteiger partial charge in [0.05, 0.1) is 17.9 Å². The third kappa shape index (κ3) is 9.25. The summed E-state index contributed by atoms with van der Waals surface area (Å²) in [5.41, 5.74) is 2.55. The molecule has 0 saturated carbocycles. The number of hydrogen-bond acceptors (Lipinski definition) is 4. The molecule has 2 aromatic rings. The Morgan fingerprint density at radius 2 is 1.41 bits per heavy atom. The third-order valence-corrected chi connectivity index (χ3v) is 4.78. The molecule has 0 fully saturated rings. The van der Waals surface area contributed by atoms with Gasteiger partial charge < -0.3 is 16.0 Å². The van der Waals surface area contributed by atoms with Gasteiger partial charge in [-0.05, 0) is 36.8 Å². The fourth-order valence-electron chi connectivity index (χ4n) is 2.38. The van der Waals surface area contributed by atoms with Gasteiger partial charge >= 0.3 is 0 Å². The van der Waals surface area contributed by atoms with Crippen molar-refractivity contribution in [3.63, 3.8) is 0 Å². The van der Waals surface area contributed by atoms with Crippen molar-refractivity contribution in [3.8, 4) is 0 Å². The molecule has 3 N–H and O–H groups in total. The van der Waals surface area contributed by atoms with E-state index in [4.69, 9.17) is 0 Å². The highest BCUT2D eigenvalue weighted by Gasteiger charge is 2.07. The lowest BCUT2D eigenvalue weighted by Crippen LogP contribution is -2.36. The van der Waals surface area contributed by atoms with Crippen LogP contribution in [0.2, 0.25) is 0 Å². The van der Waals surface area contributed by atoms with Crippen molar-refractivity contribution in [1.29, 1.82) is 0 Å². The van der Waals surface area contributed by atoms with Crippen LogP contribution in [-0.4, -0.2) is 42.3 Å². The third-order valence-electron chi connectivity index (χ3n) is 3.85. The molecular formula is C21H24FN3O3S. The highest BCUT2D eigenvalue weighted by atomic mass is 32.2. The number of carbonyl (C=O) groups excluding carboxylic acids is 3. The van der Waals surface area contributed by atoms with Crippen LogP contribution < -0.4 is 16.0 Å². The molecule has 2 aromatic carbocycles. The Kier molecular flexibility index (Phi) is 9.17. The number of anilines is 1. The Morgan fingerprint density at radius 3 is 2.07 bits per heavy atom. The maximum atomic E-state index is 12.8. The number of rotatable bonds is 10. The van der Waals surface area contributed by atoms with Gasteiger partial charge in [0.15, 0.2) is 0 Å². The van der Waals surface area contributed by atoms with Crippen molar-refractivity contribution in [3.05, 3.63) is 65.5 Å². The number of thioether (sulfide) groups is 1. The van der Waals surface area contributed by atoms with Crippen LogP contribution in [0.4, 0.5) is 10.1 Å². The molecule has 2 rings (SSSR count). The summed E-state index contributed by atoms with van der Waals surface area (Å²) >= 11 is 1.22. The highest BCUT2D eigenvalue weighted by molar-refractivity contribution is 8.00. The minimum Gasteiger partial charge on any atom is -0.354 e. The fourth-order valence-corrected chi connectivity index (χ4v) is 3.02. The minimum absolute atomic E-state index is 0.153. The van der Waals surface area contributed by atoms with E-state index >= 15 is 0 Å². The minimum atomic E-state index is -0.345. The molecule has 6 nitrogen and oxygen atoms in total. The largest absolute Gasteiger partial charge is 0.354 e. The molecule has 29 heavy (non-hydrogen) atoms. The molecule has 0 aliphatic rings. The summed E-state index contributed by atoms with van der Waals surface area (Å²) in [6, 6.07) is 13.2. The molecule has 0 spiro atoms. The van der Waals surface area contributed by atoms with Crippen LogP contribution in [0.1, 0.15) is 11.1 Å². The quantitative estimate of drug-likeness (QED) is 0.518. The standard InChI is InChI=1S/C21H24FN3O3S/c1-15-2-8-18(9-3-15)25-21(28)14-29-13-20(27)24-11-10-23-19(26)12-16-4-6-17(22)7-5-16/h2-9H,10-14H2,1H3,(H,23,26)(H,24,27)(H,25,28). The van der Waals surface area contributed by atoms with E-state index in [1.165, 1.54) is 23.9 Å². The Hall–Kier alpha value is -2.87. The number of nitrogens with one attached hydrogen (secondary N) is 3. The van der Waals surface area contributed by atoms with E-state index in [1.807, 2.05) is 31.2 Å². The number of hydrogen-bond donors (Lipinski definition) is 3.